The summed E-state index contributed by atoms with van der Waals surface area (Å²) in [4.78, 5) is 10.3. The molecule has 0 radical (unpaired) electrons. The standard InChI is InChI=1S/C12H9FN2O3/c13-9-3-1-2-8(6-9)7-11-15-14-10(18-11)4-5-12(16)17/h1-6H,7H2,(H,16,17)/b5-4+. The van der Waals surface area contributed by atoms with Gasteiger partial charge in [0.15, 0.2) is 0 Å². The molecule has 0 aliphatic carbocycles. The van der Waals surface area contributed by atoms with Crippen LogP contribution in [0.2, 0.25) is 0 Å². The third-order valence-electron chi connectivity index (χ3n) is 2.10. The van der Waals surface area contributed by atoms with Crippen LogP contribution in [0.25, 0.3) is 6.08 Å². The minimum absolute atomic E-state index is 0.101. The van der Waals surface area contributed by atoms with Gasteiger partial charge >= 0.3 is 5.97 Å². The van der Waals surface area contributed by atoms with E-state index in [1.54, 1.807) is 12.1 Å². The summed E-state index contributed by atoms with van der Waals surface area (Å²) in [5, 5.41) is 15.8. The fourth-order valence-electron chi connectivity index (χ4n) is 1.37. The number of carboxylic acid groups (broad SMARTS) is 1. The minimum atomic E-state index is -1.10. The SMILES string of the molecule is O=C(O)/C=C/c1nnc(Cc2cccc(F)c2)o1. The molecule has 5 nitrogen and oxygen atoms in total. The Morgan fingerprint density at radius 3 is 3.00 bits per heavy atom. The number of hydrogen-bond acceptors (Lipinski definition) is 4. The fourth-order valence-corrected chi connectivity index (χ4v) is 1.37. The number of carboxylic acids is 1. The van der Waals surface area contributed by atoms with Crippen LogP contribution in [0, 0.1) is 5.82 Å². The predicted molar refractivity (Wildman–Crippen MR) is 60.2 cm³/mol. The van der Waals surface area contributed by atoms with Gasteiger partial charge in [0.1, 0.15) is 5.82 Å². The molecular weight excluding hydrogens is 239 g/mol. The first-order valence-electron chi connectivity index (χ1n) is 5.11. The van der Waals surface area contributed by atoms with Crippen LogP contribution in [-0.2, 0) is 11.2 Å². The summed E-state index contributed by atoms with van der Waals surface area (Å²) in [5.41, 5.74) is 0.701. The fraction of sp³-hybridized carbons (Fsp3) is 0.0833. The van der Waals surface area contributed by atoms with Crippen molar-refractivity contribution in [1.82, 2.24) is 10.2 Å². The van der Waals surface area contributed by atoms with E-state index in [1.165, 1.54) is 18.2 Å². The number of carbonyl (C=O) groups is 1. The topological polar surface area (TPSA) is 76.2 Å². The molecule has 0 atom stereocenters. The zero-order valence-corrected chi connectivity index (χ0v) is 9.21. The summed E-state index contributed by atoms with van der Waals surface area (Å²) in [5.74, 6) is -1.03. The Hall–Kier alpha value is -2.50. The van der Waals surface area contributed by atoms with Gasteiger partial charge in [0.2, 0.25) is 11.8 Å². The maximum atomic E-state index is 12.9. The van der Waals surface area contributed by atoms with Gasteiger partial charge in [-0.1, -0.05) is 12.1 Å². The van der Waals surface area contributed by atoms with E-state index in [0.29, 0.717) is 17.9 Å². The molecule has 92 valence electrons. The monoisotopic (exact) mass is 248 g/mol. The largest absolute Gasteiger partial charge is 0.478 e. The predicted octanol–water partition coefficient (Wildman–Crippen LogP) is 1.90. The molecule has 1 N–H and O–H groups in total. The van der Waals surface area contributed by atoms with E-state index in [2.05, 4.69) is 10.2 Å². The van der Waals surface area contributed by atoms with Crippen molar-refractivity contribution in [2.75, 3.05) is 0 Å². The van der Waals surface area contributed by atoms with Crippen molar-refractivity contribution in [2.24, 2.45) is 0 Å². The van der Waals surface area contributed by atoms with Gasteiger partial charge in [0, 0.05) is 12.2 Å². The molecule has 0 aliphatic heterocycles. The number of nitrogens with zero attached hydrogens (tertiary/aromatic N) is 2. The Balaban J connectivity index is 2.09. The number of rotatable bonds is 4. The summed E-state index contributed by atoms with van der Waals surface area (Å²) < 4.78 is 18.1. The molecule has 1 aromatic carbocycles. The van der Waals surface area contributed by atoms with Crippen LogP contribution in [0.15, 0.2) is 34.8 Å². The van der Waals surface area contributed by atoms with E-state index >= 15 is 0 Å². The van der Waals surface area contributed by atoms with E-state index < -0.39 is 5.97 Å². The molecule has 6 heteroatoms. The van der Waals surface area contributed by atoms with Gasteiger partial charge in [0.25, 0.3) is 0 Å². The van der Waals surface area contributed by atoms with Crippen LogP contribution >= 0.6 is 0 Å². The van der Waals surface area contributed by atoms with Gasteiger partial charge in [-0.25, -0.2) is 9.18 Å². The van der Waals surface area contributed by atoms with Crippen molar-refractivity contribution in [1.29, 1.82) is 0 Å². The van der Waals surface area contributed by atoms with Crippen LogP contribution in [0.4, 0.5) is 4.39 Å². The molecule has 18 heavy (non-hydrogen) atoms. The Labute approximate surface area is 102 Å². The number of benzene rings is 1. The maximum absolute atomic E-state index is 12.9. The van der Waals surface area contributed by atoms with Crippen LogP contribution in [0.5, 0.6) is 0 Å². The number of aromatic nitrogens is 2. The first kappa shape index (κ1) is 12.0. The molecule has 2 aromatic rings. The normalized spacial score (nSPS) is 10.9. The van der Waals surface area contributed by atoms with Crippen molar-refractivity contribution in [3.05, 3.63) is 53.5 Å². The van der Waals surface area contributed by atoms with Crippen molar-refractivity contribution in [2.45, 2.75) is 6.42 Å². The Kier molecular flexibility index (Phi) is 3.47. The Bertz CT molecular complexity index is 593. The molecule has 0 saturated heterocycles. The second-order valence-corrected chi connectivity index (χ2v) is 3.51. The summed E-state index contributed by atoms with van der Waals surface area (Å²) >= 11 is 0. The lowest BCUT2D eigenvalue weighted by Gasteiger charge is -1.96. The van der Waals surface area contributed by atoms with Crippen LogP contribution in [-0.4, -0.2) is 21.3 Å². The van der Waals surface area contributed by atoms with Gasteiger partial charge in [-0.3, -0.25) is 0 Å². The van der Waals surface area contributed by atoms with Crippen LogP contribution < -0.4 is 0 Å². The zero-order chi connectivity index (χ0) is 13.0. The molecule has 0 spiro atoms. The lowest BCUT2D eigenvalue weighted by atomic mass is 10.1. The average Bonchev–Trinajstić information content (AvgIpc) is 2.74. The summed E-state index contributed by atoms with van der Waals surface area (Å²) in [6.45, 7) is 0. The van der Waals surface area contributed by atoms with Gasteiger partial charge in [0.05, 0.1) is 6.42 Å². The lowest BCUT2D eigenvalue weighted by molar-refractivity contribution is -0.131. The number of hydrogen-bond donors (Lipinski definition) is 1. The highest BCUT2D eigenvalue weighted by atomic mass is 19.1. The van der Waals surface area contributed by atoms with Crippen molar-refractivity contribution < 1.29 is 18.7 Å². The van der Waals surface area contributed by atoms with Crippen LogP contribution in [0.3, 0.4) is 0 Å². The summed E-state index contributed by atoms with van der Waals surface area (Å²) in [6.07, 6.45) is 2.40. The molecule has 1 heterocycles. The van der Waals surface area contributed by atoms with Gasteiger partial charge in [-0.2, -0.15) is 0 Å². The smallest absolute Gasteiger partial charge is 0.328 e. The van der Waals surface area contributed by atoms with Gasteiger partial charge in [-0.15, -0.1) is 10.2 Å². The highest BCUT2D eigenvalue weighted by molar-refractivity contribution is 5.84. The maximum Gasteiger partial charge on any atom is 0.328 e. The molecule has 0 saturated carbocycles. The molecular formula is C12H9FN2O3. The number of aliphatic carboxylic acids is 1. The third kappa shape index (κ3) is 3.24. The van der Waals surface area contributed by atoms with E-state index in [4.69, 9.17) is 9.52 Å². The summed E-state index contributed by atoms with van der Waals surface area (Å²) in [7, 11) is 0. The molecule has 0 unspecified atom stereocenters. The van der Waals surface area contributed by atoms with Crippen LogP contribution in [0.1, 0.15) is 17.3 Å². The Morgan fingerprint density at radius 1 is 1.44 bits per heavy atom. The molecule has 0 bridgehead atoms. The number of halogens is 1. The lowest BCUT2D eigenvalue weighted by Crippen LogP contribution is -1.89. The second kappa shape index (κ2) is 5.22. The molecule has 0 amide bonds. The molecule has 1 aromatic heterocycles. The molecule has 2 rings (SSSR count). The van der Waals surface area contributed by atoms with E-state index in [-0.39, 0.29) is 11.7 Å². The highest BCUT2D eigenvalue weighted by Crippen LogP contribution is 2.10. The average molecular weight is 248 g/mol. The van der Waals surface area contributed by atoms with Crippen molar-refractivity contribution >= 4 is 12.0 Å². The Morgan fingerprint density at radius 2 is 2.28 bits per heavy atom. The minimum Gasteiger partial charge on any atom is -0.478 e. The van der Waals surface area contributed by atoms with E-state index in [9.17, 15) is 9.18 Å². The summed E-state index contributed by atoms with van der Waals surface area (Å²) in [6, 6.07) is 6.04. The van der Waals surface area contributed by atoms with E-state index in [0.717, 1.165) is 6.08 Å². The van der Waals surface area contributed by atoms with Gasteiger partial charge in [-0.05, 0) is 17.7 Å². The molecule has 0 fully saturated rings. The van der Waals surface area contributed by atoms with Crippen molar-refractivity contribution in [3.63, 3.8) is 0 Å². The zero-order valence-electron chi connectivity index (χ0n) is 9.21. The van der Waals surface area contributed by atoms with Crippen molar-refractivity contribution in [3.8, 4) is 0 Å². The first-order valence-corrected chi connectivity index (χ1v) is 5.11. The second-order valence-electron chi connectivity index (χ2n) is 3.51. The van der Waals surface area contributed by atoms with E-state index in [1.807, 2.05) is 0 Å². The van der Waals surface area contributed by atoms with Gasteiger partial charge < -0.3 is 9.52 Å². The highest BCUT2D eigenvalue weighted by Gasteiger charge is 2.05. The molecule has 0 aliphatic rings. The quantitative estimate of drug-likeness (QED) is 0.836. The first-order chi connectivity index (χ1) is 8.63. The third-order valence-corrected chi connectivity index (χ3v) is 2.10.